The maximum atomic E-state index is 13.8. The number of aromatic nitrogens is 1. The Morgan fingerprint density at radius 1 is 1.44 bits per heavy atom. The lowest BCUT2D eigenvalue weighted by molar-refractivity contribution is -0.144. The molecule has 0 fully saturated rings. The van der Waals surface area contributed by atoms with E-state index in [1.54, 1.807) is 23.7 Å². The standard InChI is InChI=1S/C13H12FNO2S/c1-8-13(18-7-15-8)12(17-9(2)16)10-5-3-4-6-11(10)14/h3-7,12H,1-2H3. The van der Waals surface area contributed by atoms with Crippen molar-refractivity contribution in [2.45, 2.75) is 20.0 Å². The quantitative estimate of drug-likeness (QED) is 0.800. The Kier molecular flexibility index (Phi) is 3.72. The number of rotatable bonds is 3. The predicted octanol–water partition coefficient (Wildman–Crippen LogP) is 3.24. The third-order valence-corrected chi connectivity index (χ3v) is 3.47. The monoisotopic (exact) mass is 265 g/mol. The van der Waals surface area contributed by atoms with Crippen molar-refractivity contribution in [2.24, 2.45) is 0 Å². The summed E-state index contributed by atoms with van der Waals surface area (Å²) in [5.74, 6) is -0.840. The van der Waals surface area contributed by atoms with Gasteiger partial charge in [-0.3, -0.25) is 4.79 Å². The molecule has 0 saturated heterocycles. The van der Waals surface area contributed by atoms with E-state index < -0.39 is 17.9 Å². The summed E-state index contributed by atoms with van der Waals surface area (Å²) in [7, 11) is 0. The molecule has 3 nitrogen and oxygen atoms in total. The maximum absolute atomic E-state index is 13.8. The molecule has 2 rings (SSSR count). The van der Waals surface area contributed by atoms with Gasteiger partial charge in [-0.15, -0.1) is 11.3 Å². The zero-order valence-corrected chi connectivity index (χ0v) is 10.8. The second-order valence-electron chi connectivity index (χ2n) is 3.81. The SMILES string of the molecule is CC(=O)OC(c1ccccc1F)c1scnc1C. The van der Waals surface area contributed by atoms with Crippen molar-refractivity contribution in [1.29, 1.82) is 0 Å². The van der Waals surface area contributed by atoms with Crippen LogP contribution in [0.2, 0.25) is 0 Å². The van der Waals surface area contributed by atoms with Gasteiger partial charge >= 0.3 is 5.97 Å². The molecular formula is C13H12FNO2S. The third kappa shape index (κ3) is 2.56. The van der Waals surface area contributed by atoms with E-state index in [0.29, 0.717) is 5.56 Å². The van der Waals surface area contributed by atoms with Gasteiger partial charge in [0, 0.05) is 12.5 Å². The largest absolute Gasteiger partial charge is 0.452 e. The van der Waals surface area contributed by atoms with Gasteiger partial charge in [-0.25, -0.2) is 9.37 Å². The van der Waals surface area contributed by atoms with E-state index in [0.717, 1.165) is 10.6 Å². The number of halogens is 1. The zero-order valence-electron chi connectivity index (χ0n) is 10.0. The van der Waals surface area contributed by atoms with E-state index in [2.05, 4.69) is 4.98 Å². The van der Waals surface area contributed by atoms with Gasteiger partial charge in [0.1, 0.15) is 5.82 Å². The fourth-order valence-corrected chi connectivity index (χ4v) is 2.52. The lowest BCUT2D eigenvalue weighted by Gasteiger charge is -2.17. The van der Waals surface area contributed by atoms with Crippen LogP contribution in [0.1, 0.15) is 29.2 Å². The molecule has 0 saturated carbocycles. The van der Waals surface area contributed by atoms with Crippen LogP contribution in [0.5, 0.6) is 0 Å². The number of ether oxygens (including phenoxy) is 1. The van der Waals surface area contributed by atoms with Crippen molar-refractivity contribution in [3.63, 3.8) is 0 Å². The van der Waals surface area contributed by atoms with Crippen molar-refractivity contribution >= 4 is 17.3 Å². The van der Waals surface area contributed by atoms with Crippen LogP contribution in [0, 0.1) is 12.7 Å². The number of nitrogens with zero attached hydrogens (tertiary/aromatic N) is 1. The molecule has 0 amide bonds. The van der Waals surface area contributed by atoms with Crippen molar-refractivity contribution in [2.75, 3.05) is 0 Å². The molecule has 1 aromatic carbocycles. The lowest BCUT2D eigenvalue weighted by Crippen LogP contribution is -2.11. The molecule has 1 heterocycles. The fraction of sp³-hybridized carbons (Fsp3) is 0.231. The molecule has 18 heavy (non-hydrogen) atoms. The van der Waals surface area contributed by atoms with Gasteiger partial charge in [-0.2, -0.15) is 0 Å². The Hall–Kier alpha value is -1.75. The first kappa shape index (κ1) is 12.7. The average Bonchev–Trinajstić information content (AvgIpc) is 2.73. The molecule has 1 aromatic heterocycles. The van der Waals surface area contributed by atoms with Crippen LogP contribution in [0.15, 0.2) is 29.8 Å². The highest BCUT2D eigenvalue weighted by Gasteiger charge is 2.24. The molecule has 5 heteroatoms. The number of hydrogen-bond acceptors (Lipinski definition) is 4. The van der Waals surface area contributed by atoms with Crippen LogP contribution in [-0.4, -0.2) is 11.0 Å². The lowest BCUT2D eigenvalue weighted by atomic mass is 10.1. The Labute approximate surface area is 108 Å². The first-order chi connectivity index (χ1) is 8.59. The maximum Gasteiger partial charge on any atom is 0.303 e. The first-order valence-corrected chi connectivity index (χ1v) is 6.29. The minimum atomic E-state index is -0.726. The zero-order chi connectivity index (χ0) is 13.1. The van der Waals surface area contributed by atoms with Crippen LogP contribution in [-0.2, 0) is 9.53 Å². The highest BCUT2D eigenvalue weighted by atomic mass is 32.1. The number of esters is 1. The summed E-state index contributed by atoms with van der Waals surface area (Å²) in [5, 5.41) is 0. The topological polar surface area (TPSA) is 39.2 Å². The molecule has 1 unspecified atom stereocenters. The average molecular weight is 265 g/mol. The summed E-state index contributed by atoms with van der Waals surface area (Å²) in [6.07, 6.45) is -0.726. The Morgan fingerprint density at radius 3 is 2.72 bits per heavy atom. The van der Waals surface area contributed by atoms with Gasteiger partial charge < -0.3 is 4.74 Å². The van der Waals surface area contributed by atoms with E-state index >= 15 is 0 Å². The Morgan fingerprint density at radius 2 is 2.17 bits per heavy atom. The smallest absolute Gasteiger partial charge is 0.303 e. The number of carbonyl (C=O) groups is 1. The number of thiazole rings is 1. The van der Waals surface area contributed by atoms with Gasteiger partial charge in [0.15, 0.2) is 6.10 Å². The molecule has 0 aliphatic rings. The van der Waals surface area contributed by atoms with E-state index in [1.165, 1.54) is 24.3 Å². The summed E-state index contributed by atoms with van der Waals surface area (Å²) in [5.41, 5.74) is 2.75. The van der Waals surface area contributed by atoms with Crippen LogP contribution >= 0.6 is 11.3 Å². The van der Waals surface area contributed by atoms with E-state index in [1.807, 2.05) is 6.92 Å². The summed E-state index contributed by atoms with van der Waals surface area (Å²) in [6.45, 7) is 3.12. The van der Waals surface area contributed by atoms with Crippen LogP contribution in [0.25, 0.3) is 0 Å². The second-order valence-corrected chi connectivity index (χ2v) is 4.70. The molecule has 0 aliphatic heterocycles. The Balaban J connectivity index is 2.47. The molecule has 2 aromatic rings. The van der Waals surface area contributed by atoms with Gasteiger partial charge in [0.05, 0.1) is 16.1 Å². The molecule has 0 bridgehead atoms. The number of aryl methyl sites for hydroxylation is 1. The second kappa shape index (κ2) is 5.27. The highest BCUT2D eigenvalue weighted by molar-refractivity contribution is 7.09. The van der Waals surface area contributed by atoms with Gasteiger partial charge in [0.25, 0.3) is 0 Å². The molecule has 94 valence electrons. The molecule has 1 atom stereocenters. The van der Waals surface area contributed by atoms with E-state index in [4.69, 9.17) is 4.74 Å². The fourth-order valence-electron chi connectivity index (χ4n) is 1.67. The van der Waals surface area contributed by atoms with Gasteiger partial charge in [-0.05, 0) is 13.0 Å². The summed E-state index contributed by atoms with van der Waals surface area (Å²) >= 11 is 1.35. The van der Waals surface area contributed by atoms with E-state index in [9.17, 15) is 9.18 Å². The van der Waals surface area contributed by atoms with Crippen LogP contribution in [0.4, 0.5) is 4.39 Å². The summed E-state index contributed by atoms with van der Waals surface area (Å²) < 4.78 is 19.0. The summed E-state index contributed by atoms with van der Waals surface area (Å²) in [6, 6.07) is 6.28. The summed E-state index contributed by atoms with van der Waals surface area (Å²) in [4.78, 5) is 16.0. The van der Waals surface area contributed by atoms with Gasteiger partial charge in [-0.1, -0.05) is 18.2 Å². The number of carbonyl (C=O) groups excluding carboxylic acids is 1. The Bertz CT molecular complexity index is 568. The minimum absolute atomic E-state index is 0.347. The third-order valence-electron chi connectivity index (χ3n) is 2.49. The first-order valence-electron chi connectivity index (χ1n) is 5.41. The van der Waals surface area contributed by atoms with Crippen molar-refractivity contribution in [3.8, 4) is 0 Å². The highest BCUT2D eigenvalue weighted by Crippen LogP contribution is 2.32. The normalized spacial score (nSPS) is 12.2. The molecular weight excluding hydrogens is 253 g/mol. The van der Waals surface area contributed by atoms with Crippen LogP contribution in [0.3, 0.4) is 0 Å². The predicted molar refractivity (Wildman–Crippen MR) is 66.9 cm³/mol. The van der Waals surface area contributed by atoms with E-state index in [-0.39, 0.29) is 0 Å². The minimum Gasteiger partial charge on any atom is -0.452 e. The number of hydrogen-bond donors (Lipinski definition) is 0. The van der Waals surface area contributed by atoms with Crippen LogP contribution < -0.4 is 0 Å². The molecule has 0 radical (unpaired) electrons. The molecule has 0 aliphatic carbocycles. The number of benzene rings is 1. The van der Waals surface area contributed by atoms with Crippen molar-refractivity contribution in [1.82, 2.24) is 4.98 Å². The van der Waals surface area contributed by atoms with Crippen molar-refractivity contribution < 1.29 is 13.9 Å². The molecule has 0 N–H and O–H groups in total. The van der Waals surface area contributed by atoms with Gasteiger partial charge in [0.2, 0.25) is 0 Å². The molecule has 0 spiro atoms. The van der Waals surface area contributed by atoms with Crippen molar-refractivity contribution in [3.05, 3.63) is 51.7 Å².